The quantitative estimate of drug-likeness (QED) is 0.619. The Morgan fingerprint density at radius 2 is 2.09 bits per heavy atom. The molecule has 2 atom stereocenters. The zero-order chi connectivity index (χ0) is 23.9. The molecule has 0 aromatic carbocycles. The van der Waals surface area contributed by atoms with Crippen molar-refractivity contribution in [1.82, 2.24) is 29.2 Å². The fourth-order valence-electron chi connectivity index (χ4n) is 4.94. The Labute approximate surface area is 200 Å². The highest BCUT2D eigenvalue weighted by molar-refractivity contribution is 7.09. The third kappa shape index (κ3) is 4.57. The minimum absolute atomic E-state index is 0.0812. The first-order chi connectivity index (χ1) is 15.6. The van der Waals surface area contributed by atoms with Crippen LogP contribution in [0.3, 0.4) is 0 Å². The van der Waals surface area contributed by atoms with E-state index in [1.54, 1.807) is 11.3 Å². The molecule has 2 saturated heterocycles. The van der Waals surface area contributed by atoms with E-state index in [4.69, 9.17) is 4.98 Å². The van der Waals surface area contributed by atoms with Gasteiger partial charge in [-0.05, 0) is 48.1 Å². The van der Waals surface area contributed by atoms with Crippen molar-refractivity contribution in [2.75, 3.05) is 33.2 Å². The number of thiazole rings is 1. The summed E-state index contributed by atoms with van der Waals surface area (Å²) in [7, 11) is 1.97. The van der Waals surface area contributed by atoms with Crippen LogP contribution in [0.4, 0.5) is 0 Å². The summed E-state index contributed by atoms with van der Waals surface area (Å²) in [4.78, 5) is 42.2. The third-order valence-electron chi connectivity index (χ3n) is 7.30. The third-order valence-corrected chi connectivity index (χ3v) is 8.12. The molecule has 0 saturated carbocycles. The summed E-state index contributed by atoms with van der Waals surface area (Å²) in [5.41, 5.74) is 1.23. The molecule has 2 aliphatic heterocycles. The minimum Gasteiger partial charge on any atom is -0.340 e. The fourth-order valence-corrected chi connectivity index (χ4v) is 5.55. The van der Waals surface area contributed by atoms with Gasteiger partial charge in [-0.3, -0.25) is 14.5 Å². The molecule has 9 heteroatoms. The average Bonchev–Trinajstić information content (AvgIpc) is 3.52. The first kappa shape index (κ1) is 23.9. The Morgan fingerprint density at radius 3 is 2.70 bits per heavy atom. The summed E-state index contributed by atoms with van der Waals surface area (Å²) >= 11 is 1.61. The Kier molecular flexibility index (Phi) is 6.64. The second kappa shape index (κ2) is 9.18. The number of likely N-dealkylation sites (tertiary alicyclic amines) is 2. The summed E-state index contributed by atoms with van der Waals surface area (Å²) in [5, 5.41) is 3.04. The highest BCUT2D eigenvalue weighted by Gasteiger charge is 2.58. The van der Waals surface area contributed by atoms with Gasteiger partial charge in [-0.1, -0.05) is 0 Å². The van der Waals surface area contributed by atoms with Crippen molar-refractivity contribution in [3.05, 3.63) is 34.3 Å². The van der Waals surface area contributed by atoms with Gasteiger partial charge in [0.15, 0.2) is 0 Å². The fraction of sp³-hybridized carbons (Fsp3) is 0.667. The Balaban J connectivity index is 1.61. The van der Waals surface area contributed by atoms with Gasteiger partial charge in [0.1, 0.15) is 0 Å². The summed E-state index contributed by atoms with van der Waals surface area (Å²) in [6.45, 7) is 13.0. The molecule has 8 nitrogen and oxygen atoms in total. The van der Waals surface area contributed by atoms with Crippen LogP contribution in [0.25, 0.3) is 0 Å². The summed E-state index contributed by atoms with van der Waals surface area (Å²) in [6, 6.07) is 0.581. The topological polar surface area (TPSA) is 74.6 Å². The molecule has 180 valence electrons. The number of aryl methyl sites for hydroxylation is 1. The lowest BCUT2D eigenvalue weighted by Gasteiger charge is -2.28. The molecule has 0 unspecified atom stereocenters. The molecule has 0 aliphatic carbocycles. The van der Waals surface area contributed by atoms with E-state index < -0.39 is 5.41 Å². The van der Waals surface area contributed by atoms with Crippen LogP contribution in [0.2, 0.25) is 0 Å². The maximum atomic E-state index is 13.9. The lowest BCUT2D eigenvalue weighted by Crippen LogP contribution is -2.43. The van der Waals surface area contributed by atoms with Crippen molar-refractivity contribution < 1.29 is 9.59 Å². The molecule has 0 radical (unpaired) electrons. The zero-order valence-corrected chi connectivity index (χ0v) is 21.4. The molecule has 4 heterocycles. The van der Waals surface area contributed by atoms with Crippen molar-refractivity contribution in [3.63, 3.8) is 0 Å². The molecule has 1 spiro atoms. The number of rotatable bonds is 7. The maximum absolute atomic E-state index is 13.9. The molecule has 2 aromatic rings. The van der Waals surface area contributed by atoms with Gasteiger partial charge in [0, 0.05) is 49.2 Å². The van der Waals surface area contributed by atoms with Crippen LogP contribution < -0.4 is 0 Å². The first-order valence-corrected chi connectivity index (χ1v) is 12.7. The molecule has 0 bridgehead atoms. The van der Waals surface area contributed by atoms with Gasteiger partial charge >= 0.3 is 0 Å². The Bertz CT molecular complexity index is 1010. The predicted octanol–water partition coefficient (Wildman–Crippen LogP) is 2.91. The van der Waals surface area contributed by atoms with E-state index in [1.807, 2.05) is 40.4 Å². The van der Waals surface area contributed by atoms with Crippen LogP contribution in [0.15, 0.2) is 17.9 Å². The predicted molar refractivity (Wildman–Crippen MR) is 129 cm³/mol. The van der Waals surface area contributed by atoms with Gasteiger partial charge in [-0.25, -0.2) is 9.97 Å². The zero-order valence-electron chi connectivity index (χ0n) is 20.6. The minimum atomic E-state index is -0.618. The van der Waals surface area contributed by atoms with Crippen molar-refractivity contribution in [3.8, 4) is 0 Å². The summed E-state index contributed by atoms with van der Waals surface area (Å²) in [6.07, 6.45) is 4.64. The van der Waals surface area contributed by atoms with Gasteiger partial charge in [0.05, 0.1) is 41.2 Å². The Hall–Kier alpha value is -2.26. The van der Waals surface area contributed by atoms with Crippen LogP contribution in [0.1, 0.15) is 62.5 Å². The lowest BCUT2D eigenvalue weighted by molar-refractivity contribution is -0.137. The van der Waals surface area contributed by atoms with E-state index >= 15 is 0 Å². The number of carbonyl (C=O) groups excluding carboxylic acids is 2. The highest BCUT2D eigenvalue weighted by Crippen LogP contribution is 2.50. The first-order valence-electron chi connectivity index (χ1n) is 11.8. The van der Waals surface area contributed by atoms with E-state index in [1.165, 1.54) is 0 Å². The molecule has 2 fully saturated rings. The highest BCUT2D eigenvalue weighted by atomic mass is 32.1. The van der Waals surface area contributed by atoms with E-state index in [9.17, 15) is 9.59 Å². The number of aromatic nitrogens is 3. The van der Waals surface area contributed by atoms with E-state index in [0.717, 1.165) is 22.8 Å². The molecule has 0 N–H and O–H groups in total. The molecular weight excluding hydrogens is 436 g/mol. The lowest BCUT2D eigenvalue weighted by atomic mass is 9.75. The van der Waals surface area contributed by atoms with Crippen molar-refractivity contribution in [1.29, 1.82) is 0 Å². The van der Waals surface area contributed by atoms with E-state index in [0.29, 0.717) is 38.8 Å². The maximum Gasteiger partial charge on any atom is 0.236 e. The molecule has 4 rings (SSSR count). The monoisotopic (exact) mass is 472 g/mol. The van der Waals surface area contributed by atoms with Crippen LogP contribution in [-0.2, 0) is 16.1 Å². The van der Waals surface area contributed by atoms with Gasteiger partial charge in [-0.15, -0.1) is 11.3 Å². The Morgan fingerprint density at radius 1 is 1.33 bits per heavy atom. The molecule has 2 aliphatic rings. The van der Waals surface area contributed by atoms with Crippen LogP contribution in [0.5, 0.6) is 0 Å². The number of likely N-dealkylation sites (N-methyl/N-ethyl adjacent to an activating group) is 1. The number of carbonyl (C=O) groups is 2. The number of hydrogen-bond acceptors (Lipinski definition) is 6. The second-order valence-electron chi connectivity index (χ2n) is 10.2. The van der Waals surface area contributed by atoms with Crippen molar-refractivity contribution in [2.24, 2.45) is 5.41 Å². The summed E-state index contributed by atoms with van der Waals surface area (Å²) in [5.74, 6) is 0.114. The van der Waals surface area contributed by atoms with Gasteiger partial charge in [0.2, 0.25) is 11.8 Å². The number of amides is 2. The van der Waals surface area contributed by atoms with Crippen molar-refractivity contribution in [2.45, 2.75) is 65.6 Å². The van der Waals surface area contributed by atoms with Gasteiger partial charge < -0.3 is 14.4 Å². The van der Waals surface area contributed by atoms with E-state index in [-0.39, 0.29) is 23.8 Å². The van der Waals surface area contributed by atoms with Gasteiger partial charge in [0.25, 0.3) is 0 Å². The number of hydrogen-bond donors (Lipinski definition) is 0. The number of imidazole rings is 1. The average molecular weight is 473 g/mol. The molecular formula is C24H36N6O2S. The van der Waals surface area contributed by atoms with Crippen LogP contribution in [0, 0.1) is 12.3 Å². The smallest absolute Gasteiger partial charge is 0.236 e. The number of nitrogens with zero attached hydrogens (tertiary/aromatic N) is 6. The van der Waals surface area contributed by atoms with Crippen LogP contribution in [-0.4, -0.2) is 80.3 Å². The second-order valence-corrected chi connectivity index (χ2v) is 11.2. The van der Waals surface area contributed by atoms with E-state index in [2.05, 4.69) is 43.4 Å². The SMILES string of the molecule is Cc1nc(CN2CC[C@]3(CN(C(=O)CN(C)C(C)C)C[C@@H]3c3cn(C(C)C)cn3)C2=O)cs1. The normalized spacial score (nSPS) is 23.3. The molecule has 2 amide bonds. The van der Waals surface area contributed by atoms with Crippen LogP contribution >= 0.6 is 11.3 Å². The summed E-state index contributed by atoms with van der Waals surface area (Å²) < 4.78 is 2.08. The van der Waals surface area contributed by atoms with Gasteiger partial charge in [-0.2, -0.15) is 0 Å². The largest absolute Gasteiger partial charge is 0.340 e. The molecule has 33 heavy (non-hydrogen) atoms. The van der Waals surface area contributed by atoms with Crippen molar-refractivity contribution >= 4 is 23.2 Å². The molecule has 2 aromatic heterocycles. The standard InChI is InChI=1S/C24H36N6O2S/c1-16(2)27(6)12-22(31)29-10-20(21-11-30(15-25-21)17(3)4)24(14-29)7-8-28(23(24)32)9-19-13-33-18(5)26-19/h11,13,15-17,20H,7-10,12,14H2,1-6H3/t20-,24-/m1/s1.